The average Bonchev–Trinajstić information content (AvgIpc) is 2.49. The van der Waals surface area contributed by atoms with Gasteiger partial charge < -0.3 is 9.11 Å². The summed E-state index contributed by atoms with van der Waals surface area (Å²) >= 11 is 2.51. The molecule has 0 fully saturated rings. The molecule has 0 atom stereocenters. The fourth-order valence-electron chi connectivity index (χ4n) is 2.74. The van der Waals surface area contributed by atoms with Crippen molar-refractivity contribution < 1.29 is 73.5 Å². The van der Waals surface area contributed by atoms with E-state index in [1.54, 1.807) is 0 Å². The maximum Gasteiger partial charge on any atom is 1.00 e. The molecule has 0 aliphatic rings. The first kappa shape index (κ1) is 27.6. The predicted octanol–water partition coefficient (Wildman–Crippen LogP) is 0.600. The van der Waals surface area contributed by atoms with E-state index in [-0.39, 0.29) is 51.4 Å². The molecule has 8 heteroatoms. The molecule has 1 aromatic carbocycles. The Morgan fingerprint density at radius 3 is 2.30 bits per heavy atom. The Hall–Kier alpha value is 0.606. The molecule has 0 spiro atoms. The molecule has 1 heterocycles. The first-order valence-corrected chi connectivity index (χ1v) is 10.9. The van der Waals surface area contributed by atoms with Crippen molar-refractivity contribution in [1.29, 1.82) is 0 Å². The van der Waals surface area contributed by atoms with E-state index in [1.165, 1.54) is 32.2 Å². The quantitative estimate of drug-likeness (QED) is 0.187. The number of halogens is 1. The van der Waals surface area contributed by atoms with E-state index in [1.807, 2.05) is 0 Å². The number of hydrogen-bond acceptors (Lipinski definition) is 4. The van der Waals surface area contributed by atoms with E-state index in [0.717, 1.165) is 12.8 Å². The molecule has 1 aromatic heterocycles. The number of hydrogen-bond donors (Lipinski definition) is 0. The van der Waals surface area contributed by atoms with Crippen LogP contribution in [-0.4, -0.2) is 17.5 Å². The maximum atomic E-state index is 8.52. The van der Waals surface area contributed by atoms with Crippen molar-refractivity contribution in [3.05, 3.63) is 51.4 Å². The zero-order valence-corrected chi connectivity index (χ0v) is 22.6. The van der Waals surface area contributed by atoms with Gasteiger partial charge in [0, 0.05) is 19.5 Å². The molecule has 0 bridgehead atoms. The number of benzene rings is 1. The molecule has 27 heavy (non-hydrogen) atoms. The van der Waals surface area contributed by atoms with E-state index < -0.39 is 10.4 Å². The Morgan fingerprint density at radius 1 is 1.19 bits per heavy atom. The molecule has 0 unspecified atom stereocenters. The minimum absolute atomic E-state index is 0. The minimum Gasteiger partial charge on any atom is -0.759 e. The standard InChI is InChI=1S/C19H25IN.K.H2O4S/c1-5-7-15-8-6-9-16(11-15)18-13-21(4)12-17(19(18)20)10-14(2)3;;1-5(2,3)4/h6,8-9,11-14H,5,7,10H2,1-4H3;;(H2,1,2,3,4)/q2*+1;/p-2. The summed E-state index contributed by atoms with van der Waals surface area (Å²) in [6, 6.07) is 9.00. The van der Waals surface area contributed by atoms with E-state index in [2.05, 4.69) is 91.6 Å². The first-order chi connectivity index (χ1) is 12.0. The van der Waals surface area contributed by atoms with Crippen LogP contribution in [0.2, 0.25) is 0 Å². The Balaban J connectivity index is 0.00000100. The summed E-state index contributed by atoms with van der Waals surface area (Å²) in [4.78, 5) is 0. The first-order valence-electron chi connectivity index (χ1n) is 8.45. The summed E-state index contributed by atoms with van der Waals surface area (Å²) < 4.78 is 37.7. The van der Waals surface area contributed by atoms with Gasteiger partial charge in [-0.2, -0.15) is 0 Å². The van der Waals surface area contributed by atoms with Gasteiger partial charge >= 0.3 is 51.4 Å². The van der Waals surface area contributed by atoms with Crippen molar-refractivity contribution in [3.8, 4) is 11.1 Å². The van der Waals surface area contributed by atoms with Crippen molar-refractivity contribution in [2.24, 2.45) is 13.0 Å². The monoisotopic (exact) mass is 529 g/mol. The molecule has 0 aliphatic carbocycles. The van der Waals surface area contributed by atoms with Crippen molar-refractivity contribution in [2.75, 3.05) is 0 Å². The van der Waals surface area contributed by atoms with E-state index in [9.17, 15) is 0 Å². The molecule has 0 amide bonds. The van der Waals surface area contributed by atoms with Gasteiger partial charge in [-0.3, -0.25) is 8.42 Å². The maximum absolute atomic E-state index is 8.52. The van der Waals surface area contributed by atoms with Crippen molar-refractivity contribution >= 4 is 33.0 Å². The summed E-state index contributed by atoms with van der Waals surface area (Å²) in [5.74, 6) is 0.681. The summed E-state index contributed by atoms with van der Waals surface area (Å²) in [7, 11) is -3.04. The molecule has 0 N–H and O–H groups in total. The van der Waals surface area contributed by atoms with Crippen molar-refractivity contribution in [3.63, 3.8) is 0 Å². The number of aromatic nitrogens is 1. The summed E-state index contributed by atoms with van der Waals surface area (Å²) in [5.41, 5.74) is 5.58. The second-order valence-electron chi connectivity index (χ2n) is 6.63. The Bertz CT molecular complexity index is 834. The summed E-state index contributed by atoms with van der Waals surface area (Å²) in [6.07, 6.45) is 8.00. The van der Waals surface area contributed by atoms with Crippen LogP contribution in [0.4, 0.5) is 0 Å². The Morgan fingerprint density at radius 2 is 1.78 bits per heavy atom. The van der Waals surface area contributed by atoms with Crippen molar-refractivity contribution in [2.45, 2.75) is 40.0 Å². The van der Waals surface area contributed by atoms with Gasteiger partial charge in [-0.05, 0) is 52.5 Å². The van der Waals surface area contributed by atoms with Gasteiger partial charge in [0.05, 0.1) is 5.56 Å². The third-order valence-corrected chi connectivity index (χ3v) is 4.89. The largest absolute Gasteiger partial charge is 1.00 e. The van der Waals surface area contributed by atoms with Gasteiger partial charge in [0.25, 0.3) is 0 Å². The second-order valence-corrected chi connectivity index (χ2v) is 8.53. The molecule has 144 valence electrons. The molecule has 5 nitrogen and oxygen atoms in total. The minimum atomic E-state index is -5.17. The van der Waals surface area contributed by atoms with Crippen LogP contribution in [0.1, 0.15) is 38.3 Å². The van der Waals surface area contributed by atoms with E-state index in [4.69, 9.17) is 17.5 Å². The smallest absolute Gasteiger partial charge is 0.759 e. The normalized spacial score (nSPS) is 10.8. The van der Waals surface area contributed by atoms with Crippen LogP contribution in [0.15, 0.2) is 36.7 Å². The van der Waals surface area contributed by atoms with Gasteiger partial charge in [-0.1, -0.05) is 51.5 Å². The molecular weight excluding hydrogens is 504 g/mol. The number of pyridine rings is 1. The Kier molecular flexibility index (Phi) is 13.3. The number of aryl methyl sites for hydroxylation is 2. The summed E-state index contributed by atoms with van der Waals surface area (Å²) in [5, 5.41) is 0. The topological polar surface area (TPSA) is 84.1 Å². The molecule has 0 saturated carbocycles. The number of nitrogens with zero attached hydrogens (tertiary/aromatic N) is 1. The zero-order chi connectivity index (χ0) is 19.9. The Labute approximate surface area is 219 Å². The predicted molar refractivity (Wildman–Crippen MR) is 109 cm³/mol. The van der Waals surface area contributed by atoms with Gasteiger partial charge in [-0.25, -0.2) is 4.57 Å². The number of rotatable bonds is 5. The third kappa shape index (κ3) is 11.4. The average molecular weight is 529 g/mol. The van der Waals surface area contributed by atoms with Crippen LogP contribution < -0.4 is 56.0 Å². The van der Waals surface area contributed by atoms with Crippen LogP contribution in [0, 0.1) is 9.49 Å². The van der Waals surface area contributed by atoms with Crippen molar-refractivity contribution in [1.82, 2.24) is 0 Å². The zero-order valence-electron chi connectivity index (χ0n) is 16.5. The fraction of sp³-hybridized carbons (Fsp3) is 0.421. The van der Waals surface area contributed by atoms with Crippen LogP contribution in [-0.2, 0) is 30.3 Å². The molecule has 2 aromatic rings. The van der Waals surface area contributed by atoms with Gasteiger partial charge in [-0.15, -0.1) is 0 Å². The molecule has 0 aliphatic heterocycles. The molecule has 2 rings (SSSR count). The molecular formula is C19H25IKNO4S. The van der Waals surface area contributed by atoms with Crippen LogP contribution in [0.5, 0.6) is 0 Å². The molecule has 0 saturated heterocycles. The SMILES string of the molecule is CCCc1cccc(-c2c[n+](C)cc(CC(C)C)c2I)c1.O=S(=O)([O-])[O-].[K+]. The van der Waals surface area contributed by atoms with Crippen LogP contribution in [0.3, 0.4) is 0 Å². The van der Waals surface area contributed by atoms with E-state index in [0.29, 0.717) is 5.92 Å². The van der Waals surface area contributed by atoms with Gasteiger partial charge in [0.2, 0.25) is 0 Å². The van der Waals surface area contributed by atoms with Crippen LogP contribution >= 0.6 is 22.6 Å². The van der Waals surface area contributed by atoms with E-state index >= 15 is 0 Å². The third-order valence-electron chi connectivity index (χ3n) is 3.62. The second kappa shape index (κ2) is 13.0. The fourth-order valence-corrected chi connectivity index (χ4v) is 3.55. The van der Waals surface area contributed by atoms with Gasteiger partial charge in [0.15, 0.2) is 12.4 Å². The summed E-state index contributed by atoms with van der Waals surface area (Å²) in [6.45, 7) is 6.80. The molecule has 0 radical (unpaired) electrons. The van der Waals surface area contributed by atoms with Crippen LogP contribution in [0.25, 0.3) is 11.1 Å². The van der Waals surface area contributed by atoms with Gasteiger partial charge in [0.1, 0.15) is 7.05 Å².